The second-order valence-electron chi connectivity index (χ2n) is 2.08. The van der Waals surface area contributed by atoms with Crippen LogP contribution in [-0.2, 0) is 0 Å². The molecule has 0 aliphatic rings. The van der Waals surface area contributed by atoms with Crippen LogP contribution in [0.1, 0.15) is 23.5 Å². The van der Waals surface area contributed by atoms with Crippen molar-refractivity contribution in [3.8, 4) is 0 Å². The van der Waals surface area contributed by atoms with E-state index in [1.165, 1.54) is 4.88 Å². The fourth-order valence-electron chi connectivity index (χ4n) is 0.752. The summed E-state index contributed by atoms with van der Waals surface area (Å²) >= 11 is 1.64. The lowest BCUT2D eigenvalue weighted by atomic mass is 10.2. The summed E-state index contributed by atoms with van der Waals surface area (Å²) in [6.07, 6.45) is 0. The van der Waals surface area contributed by atoms with Gasteiger partial charge in [-0.1, -0.05) is 0 Å². The summed E-state index contributed by atoms with van der Waals surface area (Å²) < 4.78 is 0. The summed E-state index contributed by atoms with van der Waals surface area (Å²) in [5, 5.41) is 0. The Hall–Kier alpha value is 0.130. The topological polar surface area (TPSA) is 70.4 Å². The van der Waals surface area contributed by atoms with E-state index in [2.05, 4.69) is 4.98 Å². The SMILES string of the molecule is Cc1scnc1C(C)N.Cl.Cl.O. The van der Waals surface area contributed by atoms with Gasteiger partial charge in [0.15, 0.2) is 0 Å². The monoisotopic (exact) mass is 232 g/mol. The molecule has 74 valence electrons. The molecule has 0 spiro atoms. The zero-order chi connectivity index (χ0) is 6.85. The molecule has 0 aromatic carbocycles. The number of aromatic nitrogens is 1. The number of thiazole rings is 1. The molecule has 0 aliphatic carbocycles. The molecule has 4 N–H and O–H groups in total. The molecule has 1 heterocycles. The van der Waals surface area contributed by atoms with Crippen molar-refractivity contribution >= 4 is 36.2 Å². The van der Waals surface area contributed by atoms with E-state index in [-0.39, 0.29) is 36.3 Å². The Morgan fingerprint density at radius 1 is 1.50 bits per heavy atom. The number of hydrogen-bond acceptors (Lipinski definition) is 3. The summed E-state index contributed by atoms with van der Waals surface area (Å²) in [7, 11) is 0. The van der Waals surface area contributed by atoms with Crippen LogP contribution in [0, 0.1) is 6.92 Å². The molecule has 1 unspecified atom stereocenters. The maximum absolute atomic E-state index is 5.60. The van der Waals surface area contributed by atoms with Gasteiger partial charge in [0.2, 0.25) is 0 Å². The van der Waals surface area contributed by atoms with Gasteiger partial charge in [0.05, 0.1) is 11.2 Å². The van der Waals surface area contributed by atoms with Gasteiger partial charge in [-0.25, -0.2) is 4.98 Å². The molecule has 1 atom stereocenters. The van der Waals surface area contributed by atoms with Gasteiger partial charge in [-0.2, -0.15) is 0 Å². The van der Waals surface area contributed by atoms with E-state index in [9.17, 15) is 0 Å². The number of halogens is 2. The highest BCUT2D eigenvalue weighted by Gasteiger charge is 2.04. The third-order valence-corrected chi connectivity index (χ3v) is 1.99. The average molecular weight is 233 g/mol. The minimum Gasteiger partial charge on any atom is -0.412 e. The number of nitrogens with zero attached hydrogens (tertiary/aromatic N) is 1. The molecule has 12 heavy (non-hydrogen) atoms. The second-order valence-corrected chi connectivity index (χ2v) is 3.14. The first-order valence-electron chi connectivity index (χ1n) is 2.87. The van der Waals surface area contributed by atoms with Crippen molar-refractivity contribution in [2.75, 3.05) is 0 Å². The quantitative estimate of drug-likeness (QED) is 0.798. The first kappa shape index (κ1) is 18.0. The van der Waals surface area contributed by atoms with E-state index >= 15 is 0 Å². The van der Waals surface area contributed by atoms with Crippen molar-refractivity contribution in [3.63, 3.8) is 0 Å². The van der Waals surface area contributed by atoms with E-state index in [4.69, 9.17) is 5.73 Å². The number of rotatable bonds is 1. The van der Waals surface area contributed by atoms with Crippen molar-refractivity contribution in [1.29, 1.82) is 0 Å². The predicted octanol–water partition coefficient (Wildman–Crippen LogP) is 1.49. The summed E-state index contributed by atoms with van der Waals surface area (Å²) in [6.45, 7) is 3.98. The molecule has 6 heteroatoms. The van der Waals surface area contributed by atoms with Crippen molar-refractivity contribution in [2.45, 2.75) is 19.9 Å². The lowest BCUT2D eigenvalue weighted by Gasteiger charge is -1.99. The van der Waals surface area contributed by atoms with Crippen molar-refractivity contribution in [2.24, 2.45) is 5.73 Å². The van der Waals surface area contributed by atoms with E-state index in [1.807, 2.05) is 19.4 Å². The Bertz CT molecular complexity index is 205. The minimum atomic E-state index is 0. The highest BCUT2D eigenvalue weighted by Crippen LogP contribution is 2.16. The molecule has 0 fully saturated rings. The van der Waals surface area contributed by atoms with E-state index < -0.39 is 0 Å². The van der Waals surface area contributed by atoms with Gasteiger partial charge in [-0.15, -0.1) is 36.2 Å². The average Bonchev–Trinajstić information content (AvgIpc) is 2.13. The summed E-state index contributed by atoms with van der Waals surface area (Å²) in [5.74, 6) is 0. The highest BCUT2D eigenvalue weighted by atomic mass is 35.5. The standard InChI is InChI=1S/C6H10N2S.2ClH.H2O/c1-4(7)6-5(2)9-3-8-6;;;/h3-4H,7H2,1-2H3;2*1H;1H2. The van der Waals surface area contributed by atoms with Crippen LogP contribution < -0.4 is 5.73 Å². The molecule has 1 rings (SSSR count). The molecule has 0 bridgehead atoms. The van der Waals surface area contributed by atoms with Crippen molar-refractivity contribution in [3.05, 3.63) is 16.1 Å². The predicted molar refractivity (Wildman–Crippen MR) is 57.6 cm³/mol. The van der Waals surface area contributed by atoms with Crippen LogP contribution >= 0.6 is 36.2 Å². The van der Waals surface area contributed by atoms with Crippen LogP contribution in [0.15, 0.2) is 5.51 Å². The maximum atomic E-state index is 5.60. The molecule has 3 nitrogen and oxygen atoms in total. The highest BCUT2D eigenvalue weighted by molar-refractivity contribution is 7.09. The first-order chi connectivity index (χ1) is 4.22. The third-order valence-electron chi connectivity index (χ3n) is 1.21. The van der Waals surface area contributed by atoms with E-state index in [0.29, 0.717) is 0 Å². The van der Waals surface area contributed by atoms with Crippen molar-refractivity contribution in [1.82, 2.24) is 4.98 Å². The fraction of sp³-hybridized carbons (Fsp3) is 0.500. The van der Waals surface area contributed by atoms with Gasteiger partial charge < -0.3 is 11.2 Å². The van der Waals surface area contributed by atoms with Gasteiger partial charge in [0, 0.05) is 10.9 Å². The van der Waals surface area contributed by atoms with Gasteiger partial charge >= 0.3 is 0 Å². The van der Waals surface area contributed by atoms with Gasteiger partial charge in [-0.3, -0.25) is 0 Å². The number of hydrogen-bond donors (Lipinski definition) is 1. The Labute approximate surface area is 88.5 Å². The smallest absolute Gasteiger partial charge is 0.0798 e. The van der Waals surface area contributed by atoms with Gasteiger partial charge in [0.25, 0.3) is 0 Å². The van der Waals surface area contributed by atoms with Crippen LogP contribution in [0.2, 0.25) is 0 Å². The number of nitrogens with two attached hydrogens (primary N) is 1. The molecule has 0 saturated carbocycles. The molecular formula is C6H14Cl2N2OS. The number of aryl methyl sites for hydroxylation is 1. The van der Waals surface area contributed by atoms with Crippen LogP contribution in [0.4, 0.5) is 0 Å². The fourth-order valence-corrected chi connectivity index (χ4v) is 1.44. The molecule has 0 radical (unpaired) electrons. The molecular weight excluding hydrogens is 219 g/mol. The van der Waals surface area contributed by atoms with Crippen LogP contribution in [0.3, 0.4) is 0 Å². The Morgan fingerprint density at radius 2 is 2.00 bits per heavy atom. The zero-order valence-corrected chi connectivity index (χ0v) is 9.35. The van der Waals surface area contributed by atoms with E-state index in [0.717, 1.165) is 5.69 Å². The largest absolute Gasteiger partial charge is 0.412 e. The maximum Gasteiger partial charge on any atom is 0.0798 e. The van der Waals surface area contributed by atoms with Crippen molar-refractivity contribution < 1.29 is 5.48 Å². The van der Waals surface area contributed by atoms with Crippen LogP contribution in [0.25, 0.3) is 0 Å². The molecule has 0 amide bonds. The Morgan fingerprint density at radius 3 is 2.17 bits per heavy atom. The van der Waals surface area contributed by atoms with Gasteiger partial charge in [-0.05, 0) is 13.8 Å². The second kappa shape index (κ2) is 7.76. The summed E-state index contributed by atoms with van der Waals surface area (Å²) in [5.41, 5.74) is 8.46. The lowest BCUT2D eigenvalue weighted by Crippen LogP contribution is -2.06. The van der Waals surface area contributed by atoms with Gasteiger partial charge in [0.1, 0.15) is 0 Å². The van der Waals surface area contributed by atoms with Crippen LogP contribution in [0.5, 0.6) is 0 Å². The normalized spacial score (nSPS) is 10.2. The van der Waals surface area contributed by atoms with Crippen LogP contribution in [-0.4, -0.2) is 10.5 Å². The molecule has 1 aromatic rings. The van der Waals surface area contributed by atoms with E-state index in [1.54, 1.807) is 11.3 Å². The summed E-state index contributed by atoms with van der Waals surface area (Å²) in [6, 6.07) is 0.0799. The molecule has 0 saturated heterocycles. The Kier molecular flexibility index (Phi) is 11.7. The zero-order valence-electron chi connectivity index (χ0n) is 6.90. The first-order valence-corrected chi connectivity index (χ1v) is 3.75. The molecule has 1 aromatic heterocycles. The molecule has 0 aliphatic heterocycles. The lowest BCUT2D eigenvalue weighted by molar-refractivity contribution is 0.782. The third kappa shape index (κ3) is 4.23. The summed E-state index contributed by atoms with van der Waals surface area (Å²) in [4.78, 5) is 5.34. The Balaban J connectivity index is -0.000000270. The minimum absolute atomic E-state index is 0.